The lowest BCUT2D eigenvalue weighted by Crippen LogP contribution is -2.32. The molecular formula is C16H24N2O. The molecule has 0 aliphatic carbocycles. The summed E-state index contributed by atoms with van der Waals surface area (Å²) in [7, 11) is 1.72. The standard InChI is InChI=1S/C16H24N2O/c1-5-18(12(2)3)10-9-13-11-17-16-14(13)7-6-8-15(16)19-4/h6-8,11-12,17H,5,9-10H2,1-4H3. The molecule has 3 nitrogen and oxygen atoms in total. The molecule has 1 N–H and O–H groups in total. The molecule has 19 heavy (non-hydrogen) atoms. The van der Waals surface area contributed by atoms with Gasteiger partial charge >= 0.3 is 0 Å². The van der Waals surface area contributed by atoms with Crippen molar-refractivity contribution in [3.63, 3.8) is 0 Å². The van der Waals surface area contributed by atoms with Gasteiger partial charge in [-0.3, -0.25) is 0 Å². The number of rotatable bonds is 6. The second-order valence-electron chi connectivity index (χ2n) is 5.17. The number of fused-ring (bicyclic) bond motifs is 1. The number of likely N-dealkylation sites (N-methyl/N-ethyl adjacent to an activating group) is 1. The molecule has 0 saturated carbocycles. The minimum atomic E-state index is 0.602. The second-order valence-corrected chi connectivity index (χ2v) is 5.17. The average molecular weight is 260 g/mol. The number of nitrogens with one attached hydrogen (secondary N) is 1. The molecule has 1 heterocycles. The molecule has 0 saturated heterocycles. The zero-order chi connectivity index (χ0) is 13.8. The highest BCUT2D eigenvalue weighted by atomic mass is 16.5. The van der Waals surface area contributed by atoms with Crippen LogP contribution in [0.5, 0.6) is 5.75 Å². The van der Waals surface area contributed by atoms with E-state index >= 15 is 0 Å². The second kappa shape index (κ2) is 6.11. The Hall–Kier alpha value is -1.48. The van der Waals surface area contributed by atoms with Gasteiger partial charge in [-0.1, -0.05) is 19.1 Å². The Kier molecular flexibility index (Phi) is 4.48. The summed E-state index contributed by atoms with van der Waals surface area (Å²) in [6, 6.07) is 6.81. The average Bonchev–Trinajstić information content (AvgIpc) is 2.82. The third-order valence-electron chi connectivity index (χ3n) is 3.79. The van der Waals surface area contributed by atoms with Crippen LogP contribution in [0.1, 0.15) is 26.3 Å². The lowest BCUT2D eigenvalue weighted by atomic mass is 10.1. The Bertz CT molecular complexity index is 531. The van der Waals surface area contributed by atoms with E-state index in [1.807, 2.05) is 6.07 Å². The summed E-state index contributed by atoms with van der Waals surface area (Å²) < 4.78 is 5.38. The molecule has 0 atom stereocenters. The van der Waals surface area contributed by atoms with Crippen LogP contribution < -0.4 is 4.74 Å². The molecule has 0 aliphatic heterocycles. The summed E-state index contributed by atoms with van der Waals surface area (Å²) in [4.78, 5) is 5.82. The molecule has 1 aromatic carbocycles. The number of nitrogens with zero attached hydrogens (tertiary/aromatic N) is 1. The van der Waals surface area contributed by atoms with Crippen LogP contribution in [0.2, 0.25) is 0 Å². The maximum Gasteiger partial charge on any atom is 0.142 e. The van der Waals surface area contributed by atoms with Gasteiger partial charge < -0.3 is 14.6 Å². The van der Waals surface area contributed by atoms with Gasteiger partial charge in [0.25, 0.3) is 0 Å². The number of benzene rings is 1. The van der Waals surface area contributed by atoms with Crippen molar-refractivity contribution in [2.24, 2.45) is 0 Å². The topological polar surface area (TPSA) is 28.3 Å². The molecule has 0 radical (unpaired) electrons. The maximum atomic E-state index is 5.38. The van der Waals surface area contributed by atoms with Crippen molar-refractivity contribution in [1.29, 1.82) is 0 Å². The van der Waals surface area contributed by atoms with E-state index in [2.05, 4.69) is 49.0 Å². The van der Waals surface area contributed by atoms with Crippen LogP contribution in [0.15, 0.2) is 24.4 Å². The number of hydrogen-bond acceptors (Lipinski definition) is 2. The molecule has 104 valence electrons. The summed E-state index contributed by atoms with van der Waals surface area (Å²) in [5.41, 5.74) is 2.47. The molecule has 2 rings (SSSR count). The van der Waals surface area contributed by atoms with Crippen LogP contribution >= 0.6 is 0 Å². The number of H-pyrrole nitrogens is 1. The number of ether oxygens (including phenoxy) is 1. The van der Waals surface area contributed by atoms with Crippen LogP contribution in [0.3, 0.4) is 0 Å². The molecule has 0 spiro atoms. The number of aromatic amines is 1. The highest BCUT2D eigenvalue weighted by Gasteiger charge is 2.10. The fourth-order valence-corrected chi connectivity index (χ4v) is 2.61. The van der Waals surface area contributed by atoms with Gasteiger partial charge in [0.05, 0.1) is 12.6 Å². The first-order chi connectivity index (χ1) is 9.17. The molecular weight excluding hydrogens is 236 g/mol. The molecule has 0 amide bonds. The number of methoxy groups -OCH3 is 1. The Balaban J connectivity index is 2.18. The SMILES string of the molecule is CCN(CCc1c[nH]c2c(OC)cccc12)C(C)C. The largest absolute Gasteiger partial charge is 0.495 e. The number of para-hydroxylation sites is 1. The number of hydrogen-bond donors (Lipinski definition) is 1. The quantitative estimate of drug-likeness (QED) is 0.861. The lowest BCUT2D eigenvalue weighted by Gasteiger charge is -2.24. The minimum absolute atomic E-state index is 0.602. The van der Waals surface area contributed by atoms with E-state index < -0.39 is 0 Å². The summed E-state index contributed by atoms with van der Waals surface area (Å²) in [5, 5.41) is 1.28. The smallest absolute Gasteiger partial charge is 0.142 e. The van der Waals surface area contributed by atoms with Gasteiger partial charge in [-0.2, -0.15) is 0 Å². The van der Waals surface area contributed by atoms with Crippen LogP contribution in [0.4, 0.5) is 0 Å². The van der Waals surface area contributed by atoms with E-state index in [0.29, 0.717) is 6.04 Å². The van der Waals surface area contributed by atoms with Gasteiger partial charge in [0, 0.05) is 24.2 Å². The zero-order valence-electron chi connectivity index (χ0n) is 12.4. The third kappa shape index (κ3) is 2.92. The molecule has 1 aromatic heterocycles. The molecule has 0 unspecified atom stereocenters. The van der Waals surface area contributed by atoms with Crippen molar-refractivity contribution in [2.75, 3.05) is 20.2 Å². The van der Waals surface area contributed by atoms with Gasteiger partial charge in [-0.05, 0) is 38.4 Å². The Labute approximate surface area is 115 Å². The monoisotopic (exact) mass is 260 g/mol. The molecule has 2 aromatic rings. The Morgan fingerprint density at radius 1 is 1.32 bits per heavy atom. The summed E-state index contributed by atoms with van der Waals surface area (Å²) in [5.74, 6) is 0.917. The molecule has 3 heteroatoms. The fraction of sp³-hybridized carbons (Fsp3) is 0.500. The van der Waals surface area contributed by atoms with Gasteiger partial charge in [-0.15, -0.1) is 0 Å². The Morgan fingerprint density at radius 2 is 2.11 bits per heavy atom. The van der Waals surface area contributed by atoms with Crippen LogP contribution in [-0.4, -0.2) is 36.1 Å². The van der Waals surface area contributed by atoms with Crippen molar-refractivity contribution in [3.05, 3.63) is 30.0 Å². The van der Waals surface area contributed by atoms with Crippen molar-refractivity contribution in [3.8, 4) is 5.75 Å². The van der Waals surface area contributed by atoms with E-state index in [4.69, 9.17) is 4.74 Å². The van der Waals surface area contributed by atoms with Gasteiger partial charge in [0.15, 0.2) is 0 Å². The first-order valence-corrected chi connectivity index (χ1v) is 7.04. The highest BCUT2D eigenvalue weighted by Crippen LogP contribution is 2.27. The minimum Gasteiger partial charge on any atom is -0.495 e. The maximum absolute atomic E-state index is 5.38. The lowest BCUT2D eigenvalue weighted by molar-refractivity contribution is 0.237. The fourth-order valence-electron chi connectivity index (χ4n) is 2.61. The van der Waals surface area contributed by atoms with Crippen LogP contribution in [0.25, 0.3) is 10.9 Å². The number of aromatic nitrogens is 1. The van der Waals surface area contributed by atoms with Crippen molar-refractivity contribution >= 4 is 10.9 Å². The van der Waals surface area contributed by atoms with E-state index in [-0.39, 0.29) is 0 Å². The molecule has 0 fully saturated rings. The van der Waals surface area contributed by atoms with E-state index in [0.717, 1.165) is 30.8 Å². The van der Waals surface area contributed by atoms with Gasteiger partial charge in [0.2, 0.25) is 0 Å². The van der Waals surface area contributed by atoms with E-state index in [1.165, 1.54) is 10.9 Å². The predicted octanol–water partition coefficient (Wildman–Crippen LogP) is 3.45. The third-order valence-corrected chi connectivity index (χ3v) is 3.79. The summed E-state index contributed by atoms with van der Waals surface area (Å²) in [6.45, 7) is 8.92. The molecule has 0 aliphatic rings. The summed E-state index contributed by atoms with van der Waals surface area (Å²) >= 11 is 0. The van der Waals surface area contributed by atoms with Crippen molar-refractivity contribution in [1.82, 2.24) is 9.88 Å². The normalized spacial score (nSPS) is 11.7. The highest BCUT2D eigenvalue weighted by molar-refractivity contribution is 5.88. The zero-order valence-corrected chi connectivity index (χ0v) is 12.4. The van der Waals surface area contributed by atoms with E-state index in [9.17, 15) is 0 Å². The van der Waals surface area contributed by atoms with Gasteiger partial charge in [-0.25, -0.2) is 0 Å². The van der Waals surface area contributed by atoms with Gasteiger partial charge in [0.1, 0.15) is 5.75 Å². The van der Waals surface area contributed by atoms with Crippen molar-refractivity contribution in [2.45, 2.75) is 33.2 Å². The van der Waals surface area contributed by atoms with Crippen LogP contribution in [-0.2, 0) is 6.42 Å². The van der Waals surface area contributed by atoms with E-state index in [1.54, 1.807) is 7.11 Å². The van der Waals surface area contributed by atoms with Crippen LogP contribution in [0, 0.1) is 0 Å². The summed E-state index contributed by atoms with van der Waals surface area (Å²) in [6.07, 6.45) is 3.18. The Morgan fingerprint density at radius 3 is 2.74 bits per heavy atom. The van der Waals surface area contributed by atoms with Crippen molar-refractivity contribution < 1.29 is 4.74 Å². The molecule has 0 bridgehead atoms. The first-order valence-electron chi connectivity index (χ1n) is 7.04. The predicted molar refractivity (Wildman–Crippen MR) is 80.9 cm³/mol. The first kappa shape index (κ1) is 13.9.